The molecule has 0 unspecified atom stereocenters. The third-order valence-electron chi connectivity index (χ3n) is 2.63. The van der Waals surface area contributed by atoms with E-state index in [1.54, 1.807) is 24.3 Å². The zero-order valence-electron chi connectivity index (χ0n) is 10.5. The second-order valence-electron chi connectivity index (χ2n) is 3.88. The van der Waals surface area contributed by atoms with E-state index in [-0.39, 0.29) is 35.9 Å². The maximum absolute atomic E-state index is 12.0. The Morgan fingerprint density at radius 3 is 2.68 bits per heavy atom. The number of hydrogen-bond acceptors (Lipinski definition) is 5. The lowest BCUT2D eigenvalue weighted by Gasteiger charge is -2.05. The maximum atomic E-state index is 12.0. The van der Waals surface area contributed by atoms with E-state index in [1.807, 2.05) is 0 Å². The molecule has 5 heteroatoms. The van der Waals surface area contributed by atoms with E-state index >= 15 is 0 Å². The van der Waals surface area contributed by atoms with E-state index in [0.29, 0.717) is 5.75 Å². The van der Waals surface area contributed by atoms with Gasteiger partial charge in [-0.1, -0.05) is 0 Å². The largest absolute Gasteiger partial charge is 0.494 e. The first-order valence-corrected chi connectivity index (χ1v) is 5.81. The fraction of sp³-hybridized carbons (Fsp3) is 0.214. The molecule has 2 aromatic rings. The zero-order chi connectivity index (χ0) is 13.7. The van der Waals surface area contributed by atoms with Crippen LogP contribution in [0.5, 0.6) is 5.75 Å². The van der Waals surface area contributed by atoms with Gasteiger partial charge in [0.25, 0.3) is 0 Å². The highest BCUT2D eigenvalue weighted by Crippen LogP contribution is 2.17. The Morgan fingerprint density at radius 2 is 2.00 bits per heavy atom. The SMILES string of the molecule is COc1cccnc1C(=O)CCC(=O)c1ccco1. The first kappa shape index (κ1) is 13.0. The standard InChI is InChI=1S/C14H13NO4/c1-18-13-4-2-8-15-14(13)11(17)7-6-10(16)12-5-3-9-19-12/h2-5,8-9H,6-7H2,1H3. The number of carbonyl (C=O) groups is 2. The third-order valence-corrected chi connectivity index (χ3v) is 2.63. The molecule has 2 heterocycles. The van der Waals surface area contributed by atoms with Gasteiger partial charge in [0.2, 0.25) is 0 Å². The second-order valence-corrected chi connectivity index (χ2v) is 3.88. The predicted molar refractivity (Wildman–Crippen MR) is 67.4 cm³/mol. The van der Waals surface area contributed by atoms with Gasteiger partial charge in [-0.05, 0) is 24.3 Å². The number of Topliss-reactive ketones (excluding diaryl/α,β-unsaturated/α-hetero) is 2. The second kappa shape index (κ2) is 5.95. The van der Waals surface area contributed by atoms with Crippen LogP contribution in [0.4, 0.5) is 0 Å². The molecular formula is C14H13NO4. The van der Waals surface area contributed by atoms with Crippen LogP contribution in [0.25, 0.3) is 0 Å². The number of hydrogen-bond donors (Lipinski definition) is 0. The molecule has 98 valence electrons. The molecule has 0 aromatic carbocycles. The van der Waals surface area contributed by atoms with Crippen LogP contribution in [0.1, 0.15) is 33.9 Å². The van der Waals surface area contributed by atoms with Crippen LogP contribution in [-0.2, 0) is 0 Å². The molecule has 0 fully saturated rings. The summed E-state index contributed by atoms with van der Waals surface area (Å²) in [5.74, 6) is 0.254. The molecule has 2 rings (SSSR count). The molecule has 2 aromatic heterocycles. The summed E-state index contributed by atoms with van der Waals surface area (Å²) in [5.41, 5.74) is 0.247. The summed E-state index contributed by atoms with van der Waals surface area (Å²) in [4.78, 5) is 27.7. The van der Waals surface area contributed by atoms with E-state index in [1.165, 1.54) is 19.6 Å². The number of ketones is 2. The van der Waals surface area contributed by atoms with Gasteiger partial charge in [0.1, 0.15) is 11.4 Å². The first-order valence-electron chi connectivity index (χ1n) is 5.81. The first-order chi connectivity index (χ1) is 9.22. The number of nitrogens with zero attached hydrogens (tertiary/aromatic N) is 1. The van der Waals surface area contributed by atoms with Crippen LogP contribution < -0.4 is 4.74 Å². The number of methoxy groups -OCH3 is 1. The number of aromatic nitrogens is 1. The summed E-state index contributed by atoms with van der Waals surface area (Å²) in [6.07, 6.45) is 3.11. The molecule has 0 aliphatic rings. The van der Waals surface area contributed by atoms with Crippen molar-refractivity contribution in [3.05, 3.63) is 48.2 Å². The van der Waals surface area contributed by atoms with E-state index in [2.05, 4.69) is 4.98 Å². The topological polar surface area (TPSA) is 69.4 Å². The smallest absolute Gasteiger partial charge is 0.198 e. The molecule has 0 saturated heterocycles. The van der Waals surface area contributed by atoms with Crippen LogP contribution in [0.3, 0.4) is 0 Å². The number of carbonyl (C=O) groups excluding carboxylic acids is 2. The molecule has 19 heavy (non-hydrogen) atoms. The minimum atomic E-state index is -0.225. The Kier molecular flexibility index (Phi) is 4.07. The average Bonchev–Trinajstić information content (AvgIpc) is 2.98. The lowest BCUT2D eigenvalue weighted by Crippen LogP contribution is -2.08. The molecule has 0 amide bonds. The molecule has 0 aliphatic heterocycles. The van der Waals surface area contributed by atoms with Gasteiger partial charge >= 0.3 is 0 Å². The summed E-state index contributed by atoms with van der Waals surface area (Å²) in [6, 6.07) is 6.56. The van der Waals surface area contributed by atoms with Gasteiger partial charge in [0.05, 0.1) is 13.4 Å². The van der Waals surface area contributed by atoms with Gasteiger partial charge in [0, 0.05) is 19.0 Å². The molecule has 0 aliphatic carbocycles. The van der Waals surface area contributed by atoms with E-state index < -0.39 is 0 Å². The summed E-state index contributed by atoms with van der Waals surface area (Å²) >= 11 is 0. The van der Waals surface area contributed by atoms with Crippen LogP contribution in [-0.4, -0.2) is 23.7 Å². The third kappa shape index (κ3) is 3.07. The lowest BCUT2D eigenvalue weighted by atomic mass is 10.1. The molecule has 0 bridgehead atoms. The van der Waals surface area contributed by atoms with Crippen LogP contribution in [0.2, 0.25) is 0 Å². The summed E-state index contributed by atoms with van der Waals surface area (Å²) in [5, 5.41) is 0. The van der Waals surface area contributed by atoms with Crippen LogP contribution in [0.15, 0.2) is 41.1 Å². The number of rotatable bonds is 6. The number of ether oxygens (including phenoxy) is 1. The van der Waals surface area contributed by atoms with Crippen molar-refractivity contribution in [1.82, 2.24) is 4.98 Å². The van der Waals surface area contributed by atoms with Crippen molar-refractivity contribution >= 4 is 11.6 Å². The fourth-order valence-corrected chi connectivity index (χ4v) is 1.67. The van der Waals surface area contributed by atoms with Gasteiger partial charge < -0.3 is 9.15 Å². The molecule has 0 spiro atoms. The predicted octanol–water partition coefficient (Wildman–Crippen LogP) is 2.53. The van der Waals surface area contributed by atoms with Crippen molar-refractivity contribution in [2.45, 2.75) is 12.8 Å². The van der Waals surface area contributed by atoms with Crippen molar-refractivity contribution in [2.24, 2.45) is 0 Å². The Bertz CT molecular complexity index is 575. The van der Waals surface area contributed by atoms with E-state index in [4.69, 9.17) is 9.15 Å². The van der Waals surface area contributed by atoms with Crippen molar-refractivity contribution in [1.29, 1.82) is 0 Å². The summed E-state index contributed by atoms with van der Waals surface area (Å²) in [7, 11) is 1.47. The highest BCUT2D eigenvalue weighted by molar-refractivity contribution is 6.01. The molecule has 0 N–H and O–H groups in total. The number of pyridine rings is 1. The normalized spacial score (nSPS) is 10.2. The van der Waals surface area contributed by atoms with Gasteiger partial charge in [-0.15, -0.1) is 0 Å². The van der Waals surface area contributed by atoms with Crippen LogP contribution >= 0.6 is 0 Å². The van der Waals surface area contributed by atoms with Gasteiger partial charge in [-0.3, -0.25) is 9.59 Å². The lowest BCUT2D eigenvalue weighted by molar-refractivity contribution is 0.0898. The van der Waals surface area contributed by atoms with Crippen molar-refractivity contribution in [3.8, 4) is 5.75 Å². The molecule has 0 atom stereocenters. The van der Waals surface area contributed by atoms with Crippen molar-refractivity contribution in [2.75, 3.05) is 7.11 Å². The quantitative estimate of drug-likeness (QED) is 0.745. The Hall–Kier alpha value is -2.43. The van der Waals surface area contributed by atoms with Crippen LogP contribution in [0, 0.1) is 0 Å². The van der Waals surface area contributed by atoms with E-state index in [0.717, 1.165) is 0 Å². The van der Waals surface area contributed by atoms with Gasteiger partial charge in [0.15, 0.2) is 17.3 Å². The Morgan fingerprint density at radius 1 is 1.21 bits per heavy atom. The van der Waals surface area contributed by atoms with E-state index in [9.17, 15) is 9.59 Å². The van der Waals surface area contributed by atoms with Gasteiger partial charge in [-0.2, -0.15) is 0 Å². The van der Waals surface area contributed by atoms with Crippen molar-refractivity contribution in [3.63, 3.8) is 0 Å². The Balaban J connectivity index is 2.00. The highest BCUT2D eigenvalue weighted by atomic mass is 16.5. The maximum Gasteiger partial charge on any atom is 0.198 e. The number of furan rings is 1. The zero-order valence-corrected chi connectivity index (χ0v) is 10.5. The molecular weight excluding hydrogens is 246 g/mol. The average molecular weight is 259 g/mol. The monoisotopic (exact) mass is 259 g/mol. The van der Waals surface area contributed by atoms with Crippen molar-refractivity contribution < 1.29 is 18.7 Å². The minimum absolute atomic E-state index is 0.0763. The fourth-order valence-electron chi connectivity index (χ4n) is 1.67. The highest BCUT2D eigenvalue weighted by Gasteiger charge is 2.16. The summed E-state index contributed by atoms with van der Waals surface area (Å²) < 4.78 is 10.0. The summed E-state index contributed by atoms with van der Waals surface area (Å²) in [6.45, 7) is 0. The minimum Gasteiger partial charge on any atom is -0.494 e. The molecule has 0 radical (unpaired) electrons. The molecule has 0 saturated carbocycles. The molecule has 5 nitrogen and oxygen atoms in total. The van der Waals surface area contributed by atoms with Gasteiger partial charge in [-0.25, -0.2) is 4.98 Å². The Labute approximate surface area is 110 Å².